The van der Waals surface area contributed by atoms with Gasteiger partial charge in [-0.15, -0.1) is 24.8 Å². The number of aromatic carboxylic acids is 1. The number of carboxylic acid groups (broad SMARTS) is 1. The first-order valence-corrected chi connectivity index (χ1v) is 12.5. The fourth-order valence-corrected chi connectivity index (χ4v) is 5.22. The summed E-state index contributed by atoms with van der Waals surface area (Å²) in [6.45, 7) is 4.11. The molecule has 1 saturated heterocycles. The van der Waals surface area contributed by atoms with Crippen LogP contribution in [0.3, 0.4) is 0 Å². The molecule has 9 heteroatoms. The van der Waals surface area contributed by atoms with Gasteiger partial charge in [0.2, 0.25) is 0 Å². The number of anilines is 1. The Kier molecular flexibility index (Phi) is 10.3. The molecule has 4 aromatic rings. The number of benzene rings is 3. The number of hydrogen-bond acceptors (Lipinski definition) is 4. The minimum Gasteiger partial charge on any atom is -0.478 e. The molecule has 3 aromatic carbocycles. The highest BCUT2D eigenvalue weighted by Crippen LogP contribution is 2.33. The van der Waals surface area contributed by atoms with E-state index in [9.17, 15) is 14.7 Å². The number of carboxylic acids is 1. The first-order chi connectivity index (χ1) is 18.0. The third-order valence-electron chi connectivity index (χ3n) is 7.17. The van der Waals surface area contributed by atoms with Gasteiger partial charge in [-0.3, -0.25) is 4.98 Å². The summed E-state index contributed by atoms with van der Waals surface area (Å²) in [5, 5.41) is 18.2. The number of likely N-dealkylation sites (tertiary alicyclic amines) is 1. The van der Waals surface area contributed by atoms with E-state index in [-0.39, 0.29) is 54.3 Å². The van der Waals surface area contributed by atoms with E-state index >= 15 is 0 Å². The number of nitrogens with one attached hydrogen (secondary N) is 2. The van der Waals surface area contributed by atoms with Crippen molar-refractivity contribution in [3.05, 3.63) is 108 Å². The maximum atomic E-state index is 13.1. The molecule has 0 aliphatic carbocycles. The molecule has 1 aromatic heterocycles. The number of amides is 2. The Bertz CT molecular complexity index is 1410. The molecule has 1 fully saturated rings. The van der Waals surface area contributed by atoms with Crippen LogP contribution in [-0.4, -0.2) is 46.6 Å². The van der Waals surface area contributed by atoms with Crippen LogP contribution in [0, 0.1) is 5.92 Å². The van der Waals surface area contributed by atoms with Gasteiger partial charge in [0.25, 0.3) is 0 Å². The molecule has 3 atom stereocenters. The number of aromatic nitrogens is 1. The van der Waals surface area contributed by atoms with Gasteiger partial charge in [-0.1, -0.05) is 72.8 Å². The number of carbonyl (C=O) groups is 2. The predicted octanol–water partition coefficient (Wildman–Crippen LogP) is 6.37. The van der Waals surface area contributed by atoms with Crippen molar-refractivity contribution in [3.63, 3.8) is 0 Å². The molecule has 39 heavy (non-hydrogen) atoms. The smallest absolute Gasteiger partial charge is 0.337 e. The first-order valence-electron chi connectivity index (χ1n) is 12.5. The predicted molar refractivity (Wildman–Crippen MR) is 159 cm³/mol. The third kappa shape index (κ3) is 6.87. The average molecular weight is 568 g/mol. The highest BCUT2D eigenvalue weighted by Gasteiger charge is 2.36. The van der Waals surface area contributed by atoms with Crippen molar-refractivity contribution in [2.24, 2.45) is 5.92 Å². The van der Waals surface area contributed by atoms with Gasteiger partial charge in [-0.25, -0.2) is 9.59 Å². The largest absolute Gasteiger partial charge is 0.478 e. The lowest BCUT2D eigenvalue weighted by atomic mass is 9.88. The van der Waals surface area contributed by atoms with Gasteiger partial charge in [0.15, 0.2) is 0 Å². The van der Waals surface area contributed by atoms with Crippen molar-refractivity contribution in [3.8, 4) is 0 Å². The summed E-state index contributed by atoms with van der Waals surface area (Å²) in [6, 6.07) is 26.4. The van der Waals surface area contributed by atoms with Crippen LogP contribution < -0.4 is 10.6 Å². The van der Waals surface area contributed by atoms with Crippen molar-refractivity contribution in [2.75, 3.05) is 25.0 Å². The van der Waals surface area contributed by atoms with E-state index in [1.54, 1.807) is 4.90 Å². The second kappa shape index (κ2) is 13.4. The lowest BCUT2D eigenvalue weighted by molar-refractivity contribution is 0.0696. The Morgan fingerprint density at radius 2 is 1.69 bits per heavy atom. The molecule has 2 heterocycles. The molecule has 5 rings (SSSR count). The van der Waals surface area contributed by atoms with Crippen LogP contribution in [0.5, 0.6) is 0 Å². The van der Waals surface area contributed by atoms with Gasteiger partial charge in [-0.2, -0.15) is 0 Å². The minimum atomic E-state index is -1.08. The maximum absolute atomic E-state index is 13.1. The summed E-state index contributed by atoms with van der Waals surface area (Å²) >= 11 is 0. The molecule has 1 aliphatic rings. The van der Waals surface area contributed by atoms with Crippen molar-refractivity contribution < 1.29 is 14.7 Å². The first kappa shape index (κ1) is 29.9. The molecule has 7 nitrogen and oxygen atoms in total. The van der Waals surface area contributed by atoms with E-state index in [1.165, 1.54) is 40.4 Å². The van der Waals surface area contributed by atoms with Crippen LogP contribution in [-0.2, 0) is 0 Å². The number of hydrogen-bond donors (Lipinski definition) is 3. The summed E-state index contributed by atoms with van der Waals surface area (Å²) in [5.41, 5.74) is 2.86. The number of rotatable bonds is 7. The Hall–Kier alpha value is -3.65. The van der Waals surface area contributed by atoms with Crippen LogP contribution in [0.4, 0.5) is 10.5 Å². The Morgan fingerprint density at radius 3 is 2.46 bits per heavy atom. The van der Waals surface area contributed by atoms with Gasteiger partial charge >= 0.3 is 12.0 Å². The number of urea groups is 1. The Balaban J connectivity index is 0.00000210. The van der Waals surface area contributed by atoms with E-state index in [0.29, 0.717) is 18.8 Å². The molecule has 2 amide bonds. The van der Waals surface area contributed by atoms with E-state index in [0.717, 1.165) is 6.54 Å². The van der Waals surface area contributed by atoms with Crippen LogP contribution in [0.25, 0.3) is 10.8 Å². The van der Waals surface area contributed by atoms with Gasteiger partial charge in [-0.05, 0) is 40.8 Å². The summed E-state index contributed by atoms with van der Waals surface area (Å²) in [6.07, 6.45) is 2.72. The zero-order chi connectivity index (χ0) is 25.8. The molecule has 3 N–H and O–H groups in total. The SMILES string of the molecule is C[C@@H](NC[C@@H]1CN(C(=O)Nc2cncc(C(=O)O)c2)C[C@@H]1c1ccccc1)c1cccc2ccccc12.Cl.Cl. The molecule has 0 spiro atoms. The number of pyridine rings is 1. The van der Waals surface area contributed by atoms with Gasteiger partial charge < -0.3 is 20.6 Å². The summed E-state index contributed by atoms with van der Waals surface area (Å²) in [4.78, 5) is 30.2. The van der Waals surface area contributed by atoms with Gasteiger partial charge in [0.1, 0.15) is 0 Å². The van der Waals surface area contributed by atoms with Crippen LogP contribution >= 0.6 is 24.8 Å². The molecule has 1 aliphatic heterocycles. The van der Waals surface area contributed by atoms with E-state index in [2.05, 4.69) is 77.1 Å². The van der Waals surface area contributed by atoms with E-state index < -0.39 is 5.97 Å². The highest BCUT2D eigenvalue weighted by molar-refractivity contribution is 5.93. The number of nitrogens with zero attached hydrogens (tertiary/aromatic N) is 2. The van der Waals surface area contributed by atoms with Crippen LogP contribution in [0.15, 0.2) is 91.3 Å². The van der Waals surface area contributed by atoms with E-state index in [4.69, 9.17) is 0 Å². The zero-order valence-corrected chi connectivity index (χ0v) is 23.1. The van der Waals surface area contributed by atoms with Gasteiger partial charge in [0.05, 0.1) is 17.4 Å². The summed E-state index contributed by atoms with van der Waals surface area (Å²) in [5.74, 6) is -0.683. The monoisotopic (exact) mass is 566 g/mol. The molecule has 0 saturated carbocycles. The van der Waals surface area contributed by atoms with Crippen molar-refractivity contribution >= 4 is 53.3 Å². The van der Waals surface area contributed by atoms with Crippen LogP contribution in [0.1, 0.15) is 40.4 Å². The van der Waals surface area contributed by atoms with Crippen molar-refractivity contribution in [1.29, 1.82) is 0 Å². The van der Waals surface area contributed by atoms with Gasteiger partial charge in [0, 0.05) is 37.8 Å². The van der Waals surface area contributed by atoms with Crippen molar-refractivity contribution in [2.45, 2.75) is 18.9 Å². The highest BCUT2D eigenvalue weighted by atomic mass is 35.5. The van der Waals surface area contributed by atoms with E-state index in [1.807, 2.05) is 18.2 Å². The second-order valence-corrected chi connectivity index (χ2v) is 9.58. The number of fused-ring (bicyclic) bond motifs is 1. The quantitative estimate of drug-likeness (QED) is 0.241. The lowest BCUT2D eigenvalue weighted by Crippen LogP contribution is -2.34. The summed E-state index contributed by atoms with van der Waals surface area (Å²) in [7, 11) is 0. The zero-order valence-electron chi connectivity index (χ0n) is 21.5. The third-order valence-corrected chi connectivity index (χ3v) is 7.17. The normalized spacial score (nSPS) is 17.1. The maximum Gasteiger partial charge on any atom is 0.337 e. The fourth-order valence-electron chi connectivity index (χ4n) is 5.22. The van der Waals surface area contributed by atoms with Crippen LogP contribution in [0.2, 0.25) is 0 Å². The second-order valence-electron chi connectivity index (χ2n) is 9.58. The molecular formula is C30H32Cl2N4O3. The molecule has 204 valence electrons. The molecule has 0 unspecified atom stereocenters. The standard InChI is InChI=1S/C30H30N4O3.2ClH/c1-20(26-13-7-11-21-10-5-6-12-27(21)26)32-16-24-18-34(19-28(24)22-8-3-2-4-9-22)30(37)33-25-14-23(29(35)36)15-31-17-25;;/h2-15,17,20,24,28,32H,16,18-19H2,1H3,(H,33,37)(H,35,36);2*1H/t20-,24-,28-;;/m1../s1. The summed E-state index contributed by atoms with van der Waals surface area (Å²) < 4.78 is 0. The molecular weight excluding hydrogens is 535 g/mol. The number of carbonyl (C=O) groups excluding carboxylic acids is 1. The average Bonchev–Trinajstić information content (AvgIpc) is 3.36. The van der Waals surface area contributed by atoms with Crippen molar-refractivity contribution in [1.82, 2.24) is 15.2 Å². The Morgan fingerprint density at radius 1 is 0.974 bits per heavy atom. The molecule has 0 radical (unpaired) electrons. The Labute approximate surface area is 240 Å². The number of halogens is 2. The topological polar surface area (TPSA) is 94.6 Å². The fraction of sp³-hybridized carbons (Fsp3) is 0.233. The molecule has 0 bridgehead atoms. The lowest BCUT2D eigenvalue weighted by Gasteiger charge is -2.23. The minimum absolute atomic E-state index is 0.